The Balaban J connectivity index is 2.79. The Morgan fingerprint density at radius 1 is 1.56 bits per heavy atom. The Kier molecular flexibility index (Phi) is 5.48. The van der Waals surface area contributed by atoms with Crippen molar-refractivity contribution in [2.45, 2.75) is 19.8 Å². The third kappa shape index (κ3) is 3.59. The molecule has 0 atom stereocenters. The third-order valence-electron chi connectivity index (χ3n) is 2.07. The number of benzene rings is 1. The van der Waals surface area contributed by atoms with E-state index >= 15 is 0 Å². The number of halogens is 3. The number of nitrogens with one attached hydrogen (secondary N) is 1. The van der Waals surface area contributed by atoms with Crippen LogP contribution in [0.15, 0.2) is 12.1 Å². The van der Waals surface area contributed by atoms with E-state index in [1.807, 2.05) is 29.5 Å². The summed E-state index contributed by atoms with van der Waals surface area (Å²) in [6.45, 7) is 2.65. The molecule has 0 fully saturated rings. The molecule has 1 N–H and O–H groups in total. The molecule has 5 heteroatoms. The van der Waals surface area contributed by atoms with Gasteiger partial charge >= 0.3 is 0 Å². The van der Waals surface area contributed by atoms with E-state index in [0.717, 1.165) is 18.9 Å². The first-order valence-corrected chi connectivity index (χ1v) is 6.44. The van der Waals surface area contributed by atoms with Crippen molar-refractivity contribution >= 4 is 40.1 Å². The zero-order valence-corrected chi connectivity index (χ0v) is 11.7. The largest absolute Gasteiger partial charge is 0.352 e. The fourth-order valence-electron chi connectivity index (χ4n) is 1.17. The van der Waals surface area contributed by atoms with E-state index < -0.39 is 5.82 Å². The second-order valence-corrected chi connectivity index (χ2v) is 4.93. The third-order valence-corrected chi connectivity index (χ3v) is 3.21. The number of hydrogen-bond acceptors (Lipinski definition) is 1. The predicted octanol–water partition coefficient (Wildman–Crippen LogP) is 3.61. The summed E-state index contributed by atoms with van der Waals surface area (Å²) in [6.07, 6.45) is 1.93. The van der Waals surface area contributed by atoms with Gasteiger partial charge in [-0.15, -0.1) is 0 Å². The minimum Gasteiger partial charge on any atom is -0.352 e. The van der Waals surface area contributed by atoms with Gasteiger partial charge in [-0.2, -0.15) is 0 Å². The lowest BCUT2D eigenvalue weighted by Crippen LogP contribution is -2.24. The first-order valence-electron chi connectivity index (χ1n) is 4.99. The lowest BCUT2D eigenvalue weighted by Gasteiger charge is -2.07. The van der Waals surface area contributed by atoms with Gasteiger partial charge in [-0.05, 0) is 41.1 Å². The topological polar surface area (TPSA) is 29.1 Å². The van der Waals surface area contributed by atoms with Crippen molar-refractivity contribution in [3.05, 3.63) is 32.1 Å². The summed E-state index contributed by atoms with van der Waals surface area (Å²) in [4.78, 5) is 11.7. The monoisotopic (exact) mass is 355 g/mol. The SMILES string of the molecule is CCCCNC(=O)c1cc(I)c(F)cc1Cl. The molecule has 0 aliphatic carbocycles. The van der Waals surface area contributed by atoms with Crippen molar-refractivity contribution in [3.63, 3.8) is 0 Å². The molecular weight excluding hydrogens is 343 g/mol. The average molecular weight is 356 g/mol. The Labute approximate surface area is 113 Å². The summed E-state index contributed by atoms with van der Waals surface area (Å²) >= 11 is 7.64. The highest BCUT2D eigenvalue weighted by Crippen LogP contribution is 2.21. The molecule has 0 aromatic heterocycles. The quantitative estimate of drug-likeness (QED) is 0.499. The molecule has 1 rings (SSSR count). The minimum atomic E-state index is -0.407. The van der Waals surface area contributed by atoms with Crippen LogP contribution in [0.5, 0.6) is 0 Å². The fourth-order valence-corrected chi connectivity index (χ4v) is 1.87. The maximum absolute atomic E-state index is 13.1. The van der Waals surface area contributed by atoms with Crippen molar-refractivity contribution < 1.29 is 9.18 Å². The van der Waals surface area contributed by atoms with Gasteiger partial charge in [0.05, 0.1) is 10.6 Å². The van der Waals surface area contributed by atoms with E-state index in [1.165, 1.54) is 6.07 Å². The van der Waals surface area contributed by atoms with Crippen LogP contribution in [0.4, 0.5) is 4.39 Å². The van der Waals surface area contributed by atoms with Crippen LogP contribution in [0.25, 0.3) is 0 Å². The smallest absolute Gasteiger partial charge is 0.252 e. The van der Waals surface area contributed by atoms with E-state index in [9.17, 15) is 9.18 Å². The van der Waals surface area contributed by atoms with Crippen LogP contribution in [0.2, 0.25) is 5.02 Å². The number of amides is 1. The molecule has 0 saturated heterocycles. The Morgan fingerprint density at radius 2 is 2.25 bits per heavy atom. The van der Waals surface area contributed by atoms with E-state index in [1.54, 1.807) is 0 Å². The molecule has 16 heavy (non-hydrogen) atoms. The van der Waals surface area contributed by atoms with Gasteiger partial charge in [-0.1, -0.05) is 24.9 Å². The molecule has 1 aromatic carbocycles. The summed E-state index contributed by atoms with van der Waals surface area (Å²) in [5.41, 5.74) is 0.323. The Morgan fingerprint density at radius 3 is 2.88 bits per heavy atom. The highest BCUT2D eigenvalue weighted by molar-refractivity contribution is 14.1. The standard InChI is InChI=1S/C11H12ClFINO/c1-2-3-4-15-11(16)7-5-10(14)9(13)6-8(7)12/h5-6H,2-4H2,1H3,(H,15,16). The van der Waals surface area contributed by atoms with Crippen LogP contribution in [-0.2, 0) is 0 Å². The van der Waals surface area contributed by atoms with Gasteiger partial charge in [-0.25, -0.2) is 4.39 Å². The van der Waals surface area contributed by atoms with Crippen molar-refractivity contribution in [1.82, 2.24) is 5.32 Å². The van der Waals surface area contributed by atoms with Gasteiger partial charge in [0, 0.05) is 10.1 Å². The normalized spacial score (nSPS) is 10.2. The van der Waals surface area contributed by atoms with Crippen LogP contribution in [0, 0.1) is 9.39 Å². The van der Waals surface area contributed by atoms with Gasteiger partial charge in [-0.3, -0.25) is 4.79 Å². The number of carbonyl (C=O) groups excluding carboxylic acids is 1. The number of carbonyl (C=O) groups is 1. The van der Waals surface area contributed by atoms with E-state index in [4.69, 9.17) is 11.6 Å². The van der Waals surface area contributed by atoms with Gasteiger partial charge in [0.15, 0.2) is 0 Å². The van der Waals surface area contributed by atoms with Crippen molar-refractivity contribution in [3.8, 4) is 0 Å². The van der Waals surface area contributed by atoms with Gasteiger partial charge in [0.1, 0.15) is 5.82 Å². The van der Waals surface area contributed by atoms with Crippen LogP contribution >= 0.6 is 34.2 Å². The molecule has 0 aliphatic heterocycles. The second kappa shape index (κ2) is 6.39. The molecule has 0 aliphatic rings. The summed E-state index contributed by atoms with van der Waals surface area (Å²) in [5, 5.41) is 2.88. The first kappa shape index (κ1) is 13.7. The molecular formula is C11H12ClFINO. The van der Waals surface area contributed by atoms with Gasteiger partial charge in [0.2, 0.25) is 0 Å². The molecule has 1 amide bonds. The van der Waals surface area contributed by atoms with Crippen molar-refractivity contribution in [1.29, 1.82) is 0 Å². The summed E-state index contributed by atoms with van der Waals surface area (Å²) < 4.78 is 13.5. The van der Waals surface area contributed by atoms with E-state index in [0.29, 0.717) is 15.7 Å². The molecule has 1 aromatic rings. The molecule has 0 radical (unpaired) electrons. The summed E-state index contributed by atoms with van der Waals surface area (Å²) in [5.74, 6) is -0.660. The van der Waals surface area contributed by atoms with Crippen molar-refractivity contribution in [2.24, 2.45) is 0 Å². The maximum atomic E-state index is 13.1. The molecule has 88 valence electrons. The van der Waals surface area contributed by atoms with Gasteiger partial charge < -0.3 is 5.32 Å². The lowest BCUT2D eigenvalue weighted by molar-refractivity contribution is 0.0953. The fraction of sp³-hybridized carbons (Fsp3) is 0.364. The maximum Gasteiger partial charge on any atom is 0.252 e. The van der Waals surface area contributed by atoms with E-state index in [2.05, 4.69) is 5.32 Å². The number of hydrogen-bond donors (Lipinski definition) is 1. The molecule has 0 bridgehead atoms. The Hall–Kier alpha value is -0.360. The van der Waals surface area contributed by atoms with Crippen molar-refractivity contribution in [2.75, 3.05) is 6.54 Å². The number of rotatable bonds is 4. The molecule has 2 nitrogen and oxygen atoms in total. The van der Waals surface area contributed by atoms with Crippen LogP contribution < -0.4 is 5.32 Å². The second-order valence-electron chi connectivity index (χ2n) is 3.36. The summed E-state index contributed by atoms with van der Waals surface area (Å²) in [6, 6.07) is 2.62. The highest BCUT2D eigenvalue weighted by atomic mass is 127. The molecule has 0 spiro atoms. The minimum absolute atomic E-state index is 0.145. The molecule has 0 unspecified atom stereocenters. The zero-order chi connectivity index (χ0) is 12.1. The van der Waals surface area contributed by atoms with Gasteiger partial charge in [0.25, 0.3) is 5.91 Å². The average Bonchev–Trinajstić information content (AvgIpc) is 2.23. The van der Waals surface area contributed by atoms with Crippen LogP contribution in [-0.4, -0.2) is 12.5 Å². The molecule has 0 heterocycles. The lowest BCUT2D eigenvalue weighted by atomic mass is 10.2. The zero-order valence-electron chi connectivity index (χ0n) is 8.82. The van der Waals surface area contributed by atoms with Crippen LogP contribution in [0.1, 0.15) is 30.1 Å². The molecule has 0 saturated carbocycles. The van der Waals surface area contributed by atoms with E-state index in [-0.39, 0.29) is 10.9 Å². The summed E-state index contributed by atoms with van der Waals surface area (Å²) in [7, 11) is 0. The predicted molar refractivity (Wildman–Crippen MR) is 71.4 cm³/mol. The first-order chi connectivity index (χ1) is 7.56. The number of unbranched alkanes of at least 4 members (excludes halogenated alkanes) is 1. The Bertz CT molecular complexity index is 398. The highest BCUT2D eigenvalue weighted by Gasteiger charge is 2.13. The van der Waals surface area contributed by atoms with Crippen LogP contribution in [0.3, 0.4) is 0 Å².